The van der Waals surface area contributed by atoms with E-state index in [9.17, 15) is 23.9 Å². The van der Waals surface area contributed by atoms with Gasteiger partial charge in [0.05, 0.1) is 30.5 Å². The van der Waals surface area contributed by atoms with Crippen molar-refractivity contribution in [1.29, 1.82) is 0 Å². The summed E-state index contributed by atoms with van der Waals surface area (Å²) >= 11 is 0. The number of ether oxygens (including phenoxy) is 1. The van der Waals surface area contributed by atoms with Crippen molar-refractivity contribution in [2.24, 2.45) is 0 Å². The van der Waals surface area contributed by atoms with E-state index in [-0.39, 0.29) is 23.0 Å². The lowest BCUT2D eigenvalue weighted by atomic mass is 9.90. The second-order valence-corrected chi connectivity index (χ2v) is 12.4. The first-order valence-electron chi connectivity index (χ1n) is 15.7. The number of fused-ring (bicyclic) bond motifs is 1. The fourth-order valence-electron chi connectivity index (χ4n) is 6.63. The second-order valence-electron chi connectivity index (χ2n) is 12.4. The normalized spacial score (nSPS) is 21.5. The molecule has 7 rings (SSSR count). The fraction of sp³-hybridized carbons (Fsp3) is 0.412. The molecule has 0 bridgehead atoms. The van der Waals surface area contributed by atoms with Crippen LogP contribution in [0.25, 0.3) is 27.8 Å². The number of pyridine rings is 1. The molecule has 0 spiro atoms. The summed E-state index contributed by atoms with van der Waals surface area (Å²) in [4.78, 5) is 46.9. The number of aromatic nitrogens is 3. The highest BCUT2D eigenvalue weighted by Gasteiger charge is 2.48. The van der Waals surface area contributed by atoms with Crippen LogP contribution in [0.4, 0.5) is 4.39 Å². The lowest BCUT2D eigenvalue weighted by molar-refractivity contribution is -0.132. The van der Waals surface area contributed by atoms with Crippen LogP contribution < -0.4 is 16.6 Å². The van der Waals surface area contributed by atoms with Gasteiger partial charge in [0.15, 0.2) is 5.65 Å². The summed E-state index contributed by atoms with van der Waals surface area (Å²) in [5.41, 5.74) is 1.34. The maximum absolute atomic E-state index is 14.5. The summed E-state index contributed by atoms with van der Waals surface area (Å²) in [5, 5.41) is 13.1. The van der Waals surface area contributed by atoms with E-state index in [4.69, 9.17) is 4.74 Å². The van der Waals surface area contributed by atoms with Crippen molar-refractivity contribution in [1.82, 2.24) is 24.3 Å². The minimum Gasteiger partial charge on any atom is -0.380 e. The van der Waals surface area contributed by atoms with Gasteiger partial charge in [-0.25, -0.2) is 18.7 Å². The first-order valence-corrected chi connectivity index (χ1v) is 15.7. The van der Waals surface area contributed by atoms with Crippen LogP contribution in [0.1, 0.15) is 50.1 Å². The van der Waals surface area contributed by atoms with E-state index in [1.165, 1.54) is 9.13 Å². The molecular formula is C34H36FN5O5. The third-order valence-corrected chi connectivity index (χ3v) is 9.37. The van der Waals surface area contributed by atoms with Crippen LogP contribution in [-0.2, 0) is 16.1 Å². The Morgan fingerprint density at radius 2 is 1.78 bits per heavy atom. The largest absolute Gasteiger partial charge is 0.380 e. The van der Waals surface area contributed by atoms with Crippen LogP contribution in [0, 0.1) is 5.82 Å². The minimum atomic E-state index is -1.26. The minimum absolute atomic E-state index is 0.0269. The molecule has 3 heterocycles. The van der Waals surface area contributed by atoms with Gasteiger partial charge >= 0.3 is 5.69 Å². The van der Waals surface area contributed by atoms with Crippen molar-refractivity contribution in [3.63, 3.8) is 0 Å². The molecular weight excluding hydrogens is 577 g/mol. The Labute approximate surface area is 259 Å². The van der Waals surface area contributed by atoms with Gasteiger partial charge in [-0.15, -0.1) is 0 Å². The molecule has 2 aromatic heterocycles. The third-order valence-electron chi connectivity index (χ3n) is 9.37. The number of carbonyl (C=O) groups is 1. The van der Waals surface area contributed by atoms with Gasteiger partial charge in [-0.05, 0) is 73.4 Å². The van der Waals surface area contributed by atoms with E-state index in [2.05, 4.69) is 27.3 Å². The zero-order valence-electron chi connectivity index (χ0n) is 25.0. The maximum Gasteiger partial charge on any atom is 0.337 e. The summed E-state index contributed by atoms with van der Waals surface area (Å²) in [7, 11) is 0. The number of morpholine rings is 1. The van der Waals surface area contributed by atoms with Gasteiger partial charge in [0.1, 0.15) is 11.4 Å². The highest BCUT2D eigenvalue weighted by molar-refractivity contribution is 5.88. The van der Waals surface area contributed by atoms with Gasteiger partial charge < -0.3 is 15.2 Å². The standard InChI is InChI=1S/C34H36FN5O5/c35-24-19-29-30(36-20-24)39(33(43)40(31(29)41)26-10-8-25(9-11-26)37-32(42)34(44)12-13-34)27-6-3-5-22(18-27)28-7-2-1-4-23(28)21-38-14-16-45-17-15-38/h1-7,18-20,25-26,44H,8-17,21H2,(H,37,42)/t25-,26+. The van der Waals surface area contributed by atoms with E-state index in [0.717, 1.165) is 48.6 Å². The first kappa shape index (κ1) is 29.5. The number of carbonyl (C=O) groups excluding carboxylic acids is 1. The fourth-order valence-corrected chi connectivity index (χ4v) is 6.63. The quantitative estimate of drug-likeness (QED) is 0.328. The lowest BCUT2D eigenvalue weighted by Gasteiger charge is -2.31. The van der Waals surface area contributed by atoms with Crippen molar-refractivity contribution in [3.8, 4) is 16.8 Å². The average molecular weight is 614 g/mol. The monoisotopic (exact) mass is 613 g/mol. The van der Waals surface area contributed by atoms with Gasteiger partial charge in [0.2, 0.25) is 0 Å². The summed E-state index contributed by atoms with van der Waals surface area (Å²) in [6.45, 7) is 3.89. The molecule has 1 aliphatic heterocycles. The number of nitrogens with one attached hydrogen (secondary N) is 1. The lowest BCUT2D eigenvalue weighted by Crippen LogP contribution is -2.47. The van der Waals surface area contributed by atoms with E-state index in [1.54, 1.807) is 6.07 Å². The van der Waals surface area contributed by atoms with Crippen LogP contribution >= 0.6 is 0 Å². The molecule has 11 heteroatoms. The molecule has 2 aliphatic carbocycles. The number of nitrogens with zero attached hydrogens (tertiary/aromatic N) is 4. The molecule has 45 heavy (non-hydrogen) atoms. The van der Waals surface area contributed by atoms with E-state index in [0.29, 0.717) is 57.4 Å². The third kappa shape index (κ3) is 5.83. The molecule has 3 aliphatic rings. The van der Waals surface area contributed by atoms with E-state index < -0.39 is 28.7 Å². The van der Waals surface area contributed by atoms with Crippen LogP contribution in [0.15, 0.2) is 70.4 Å². The molecule has 0 atom stereocenters. The van der Waals surface area contributed by atoms with E-state index in [1.807, 2.05) is 30.3 Å². The average Bonchev–Trinajstić information content (AvgIpc) is 3.82. The molecule has 0 unspecified atom stereocenters. The van der Waals surface area contributed by atoms with Crippen molar-refractivity contribution in [2.45, 2.75) is 62.8 Å². The zero-order valence-corrected chi connectivity index (χ0v) is 25.0. The Bertz CT molecular complexity index is 1870. The van der Waals surface area contributed by atoms with Gasteiger partial charge in [0, 0.05) is 31.7 Å². The molecule has 3 fully saturated rings. The Hall–Kier alpha value is -4.19. The van der Waals surface area contributed by atoms with Crippen molar-refractivity contribution in [2.75, 3.05) is 26.3 Å². The van der Waals surface area contributed by atoms with Crippen molar-refractivity contribution < 1.29 is 19.0 Å². The van der Waals surface area contributed by atoms with Gasteiger partial charge in [-0.3, -0.25) is 19.1 Å². The second kappa shape index (κ2) is 12.0. The van der Waals surface area contributed by atoms with E-state index >= 15 is 0 Å². The molecule has 2 N–H and O–H groups in total. The number of benzene rings is 2. The Kier molecular flexibility index (Phi) is 7.84. The SMILES string of the molecule is O=C(N[C@H]1CC[C@@H](n2c(=O)c3cc(F)cnc3n(-c3cccc(-c4ccccc4CN4CCOCC4)c3)c2=O)CC1)C1(O)CC1. The van der Waals surface area contributed by atoms with Crippen molar-refractivity contribution >= 4 is 16.9 Å². The Morgan fingerprint density at radius 1 is 1.02 bits per heavy atom. The number of aliphatic hydroxyl groups is 1. The molecule has 2 aromatic carbocycles. The van der Waals surface area contributed by atoms with Gasteiger partial charge in [0.25, 0.3) is 11.5 Å². The Morgan fingerprint density at radius 3 is 2.53 bits per heavy atom. The summed E-state index contributed by atoms with van der Waals surface area (Å²) in [5.74, 6) is -1.02. The molecule has 1 amide bonds. The summed E-state index contributed by atoms with van der Waals surface area (Å²) < 4.78 is 22.6. The molecule has 10 nitrogen and oxygen atoms in total. The molecule has 234 valence electrons. The van der Waals surface area contributed by atoms with Crippen LogP contribution in [0.5, 0.6) is 0 Å². The number of amides is 1. The predicted octanol–water partition coefficient (Wildman–Crippen LogP) is 3.31. The zero-order chi connectivity index (χ0) is 31.1. The summed E-state index contributed by atoms with van der Waals surface area (Å²) in [6, 6.07) is 16.3. The molecule has 1 saturated heterocycles. The van der Waals surface area contributed by atoms with Crippen LogP contribution in [0.2, 0.25) is 0 Å². The maximum atomic E-state index is 14.5. The van der Waals surface area contributed by atoms with Gasteiger partial charge in [-0.1, -0.05) is 36.4 Å². The molecule has 4 aromatic rings. The number of rotatable bonds is 7. The molecule has 0 radical (unpaired) electrons. The van der Waals surface area contributed by atoms with Crippen LogP contribution in [-0.4, -0.2) is 68.0 Å². The topological polar surface area (TPSA) is 119 Å². The highest BCUT2D eigenvalue weighted by atomic mass is 19.1. The van der Waals surface area contributed by atoms with Crippen LogP contribution in [0.3, 0.4) is 0 Å². The highest BCUT2D eigenvalue weighted by Crippen LogP contribution is 2.36. The predicted molar refractivity (Wildman–Crippen MR) is 167 cm³/mol. The number of halogens is 1. The number of hydrogen-bond donors (Lipinski definition) is 2. The number of hydrogen-bond acceptors (Lipinski definition) is 7. The molecule has 2 saturated carbocycles. The first-order chi connectivity index (χ1) is 21.8. The Balaban J connectivity index is 1.25. The smallest absolute Gasteiger partial charge is 0.337 e. The van der Waals surface area contributed by atoms with Gasteiger partial charge in [-0.2, -0.15) is 0 Å². The van der Waals surface area contributed by atoms with Crippen molar-refractivity contribution in [3.05, 3.63) is 93.0 Å². The summed E-state index contributed by atoms with van der Waals surface area (Å²) in [6.07, 6.45) is 3.99.